The Bertz CT molecular complexity index is 3240. The van der Waals surface area contributed by atoms with Gasteiger partial charge in [-0.2, -0.15) is 0 Å². The van der Waals surface area contributed by atoms with E-state index in [4.69, 9.17) is 19.9 Å². The largest absolute Gasteiger partial charge is 0.306 e. The van der Waals surface area contributed by atoms with Gasteiger partial charge in [-0.05, 0) is 40.5 Å². The van der Waals surface area contributed by atoms with E-state index >= 15 is 0 Å². The van der Waals surface area contributed by atoms with E-state index in [2.05, 4.69) is 175 Å². The molecule has 0 unspecified atom stereocenters. The van der Waals surface area contributed by atoms with Crippen molar-refractivity contribution in [3.63, 3.8) is 0 Å². The molecule has 7 aromatic carbocycles. The van der Waals surface area contributed by atoms with Crippen molar-refractivity contribution in [3.8, 4) is 67.4 Å². The van der Waals surface area contributed by atoms with E-state index in [0.717, 1.165) is 88.7 Å². The van der Waals surface area contributed by atoms with Crippen LogP contribution >= 0.6 is 0 Å². The maximum atomic E-state index is 5.21. The Morgan fingerprint density at radius 1 is 0.316 bits per heavy atom. The van der Waals surface area contributed by atoms with Crippen molar-refractivity contribution in [3.05, 3.63) is 200 Å². The second kappa shape index (κ2) is 13.5. The highest BCUT2D eigenvalue weighted by Crippen LogP contribution is 2.37. The van der Waals surface area contributed by atoms with Crippen molar-refractivity contribution in [2.75, 3.05) is 0 Å². The fourth-order valence-corrected chi connectivity index (χ4v) is 7.95. The number of para-hydroxylation sites is 2. The summed E-state index contributed by atoms with van der Waals surface area (Å²) in [6, 6.07) is 65.4. The van der Waals surface area contributed by atoms with E-state index in [-0.39, 0.29) is 0 Å². The number of benzene rings is 7. The van der Waals surface area contributed by atoms with Crippen LogP contribution in [0.1, 0.15) is 0 Å². The minimum atomic E-state index is 0.703. The van der Waals surface area contributed by atoms with Crippen molar-refractivity contribution >= 4 is 38.2 Å². The smallest absolute Gasteiger partial charge is 0.160 e. The molecule has 4 aromatic heterocycles. The minimum Gasteiger partial charge on any atom is -0.306 e. The molecular weight excluding hydrogens is 695 g/mol. The normalized spacial score (nSPS) is 11.5. The van der Waals surface area contributed by atoms with Crippen LogP contribution in [0.25, 0.3) is 106 Å². The lowest BCUT2D eigenvalue weighted by atomic mass is 9.98. The molecule has 5 heteroatoms. The lowest BCUT2D eigenvalue weighted by molar-refractivity contribution is 1.20. The van der Waals surface area contributed by atoms with Crippen molar-refractivity contribution in [2.45, 2.75) is 0 Å². The third-order valence-electron chi connectivity index (χ3n) is 10.9. The Kier molecular flexibility index (Phi) is 7.74. The molecule has 11 aromatic rings. The molecule has 0 aliphatic carbocycles. The number of pyridine rings is 2. The van der Waals surface area contributed by atoms with E-state index in [9.17, 15) is 0 Å². The molecule has 0 bridgehead atoms. The zero-order valence-electron chi connectivity index (χ0n) is 30.8. The Morgan fingerprint density at radius 2 is 0.789 bits per heavy atom. The zero-order valence-corrected chi connectivity index (χ0v) is 30.8. The van der Waals surface area contributed by atoms with Crippen LogP contribution in [-0.4, -0.2) is 24.3 Å². The summed E-state index contributed by atoms with van der Waals surface area (Å²) < 4.78 is 2.13. The van der Waals surface area contributed by atoms with Gasteiger partial charge in [-0.25, -0.2) is 19.9 Å². The second-order valence-electron chi connectivity index (χ2n) is 14.3. The van der Waals surface area contributed by atoms with E-state index in [1.54, 1.807) is 0 Å². The molecule has 11 rings (SSSR count). The standard InChI is InChI=1S/C52H33N5/c1-3-11-34(12-4-1)35-19-25-39(26-20-35)49-43-16-8-10-18-46(43)54-51(56-49)41-29-23-37(24-30-41)36-21-27-40(28-22-36)50-44-31-32-57-33-47(38-13-5-2-6-14-38)55-52(57)48(44)42-15-7-9-17-45(42)53-50/h1-33H. The fraction of sp³-hybridized carbons (Fsp3) is 0. The van der Waals surface area contributed by atoms with Gasteiger partial charge in [0.2, 0.25) is 0 Å². The first-order valence-corrected chi connectivity index (χ1v) is 19.1. The zero-order chi connectivity index (χ0) is 37.7. The summed E-state index contributed by atoms with van der Waals surface area (Å²) in [6.07, 6.45) is 4.20. The van der Waals surface area contributed by atoms with Gasteiger partial charge in [0.15, 0.2) is 5.82 Å². The lowest BCUT2D eigenvalue weighted by Gasteiger charge is -2.12. The predicted molar refractivity (Wildman–Crippen MR) is 234 cm³/mol. The summed E-state index contributed by atoms with van der Waals surface area (Å²) in [7, 11) is 0. The monoisotopic (exact) mass is 727 g/mol. The molecule has 0 fully saturated rings. The van der Waals surface area contributed by atoms with Gasteiger partial charge in [-0.3, -0.25) is 0 Å². The van der Waals surface area contributed by atoms with Gasteiger partial charge in [0.25, 0.3) is 0 Å². The number of fused-ring (bicyclic) bond motifs is 6. The summed E-state index contributed by atoms with van der Waals surface area (Å²) in [4.78, 5) is 20.5. The van der Waals surface area contributed by atoms with E-state index in [1.807, 2.05) is 30.3 Å². The SMILES string of the molecule is c1ccc(-c2ccc(-c3nc(-c4ccc(-c5ccc(-c6nc7ccccc7c7c6ccn6cc(-c8ccccc8)nc76)cc5)cc4)nc4ccccc34)cc2)cc1. The molecule has 57 heavy (non-hydrogen) atoms. The molecule has 0 spiro atoms. The highest BCUT2D eigenvalue weighted by atomic mass is 15.0. The van der Waals surface area contributed by atoms with Crippen molar-refractivity contribution < 1.29 is 0 Å². The van der Waals surface area contributed by atoms with Gasteiger partial charge < -0.3 is 4.40 Å². The average molecular weight is 728 g/mol. The molecule has 0 aliphatic heterocycles. The number of aromatic nitrogens is 5. The molecule has 0 saturated carbocycles. The van der Waals surface area contributed by atoms with Gasteiger partial charge in [0.05, 0.1) is 28.1 Å². The van der Waals surface area contributed by atoms with Crippen LogP contribution in [0.4, 0.5) is 0 Å². The Balaban J connectivity index is 0.931. The average Bonchev–Trinajstić information content (AvgIpc) is 3.74. The molecule has 5 nitrogen and oxygen atoms in total. The van der Waals surface area contributed by atoms with E-state index in [0.29, 0.717) is 5.82 Å². The van der Waals surface area contributed by atoms with Crippen LogP contribution in [0.2, 0.25) is 0 Å². The second-order valence-corrected chi connectivity index (χ2v) is 14.3. The van der Waals surface area contributed by atoms with E-state index < -0.39 is 0 Å². The molecule has 0 atom stereocenters. The maximum absolute atomic E-state index is 5.21. The van der Waals surface area contributed by atoms with Crippen LogP contribution in [0.3, 0.4) is 0 Å². The summed E-state index contributed by atoms with van der Waals surface area (Å²) in [6.45, 7) is 0. The van der Waals surface area contributed by atoms with Crippen molar-refractivity contribution in [2.24, 2.45) is 0 Å². The number of nitrogens with zero attached hydrogens (tertiary/aromatic N) is 5. The van der Waals surface area contributed by atoms with E-state index in [1.165, 1.54) is 11.1 Å². The number of hydrogen-bond acceptors (Lipinski definition) is 4. The maximum Gasteiger partial charge on any atom is 0.160 e. The summed E-state index contributed by atoms with van der Waals surface area (Å²) in [5, 5.41) is 4.30. The summed E-state index contributed by atoms with van der Waals surface area (Å²) in [5.41, 5.74) is 14.4. The van der Waals surface area contributed by atoms with Gasteiger partial charge in [-0.1, -0.05) is 170 Å². The number of rotatable bonds is 6. The number of hydrogen-bond donors (Lipinski definition) is 0. The Labute approximate surface area is 329 Å². The van der Waals surface area contributed by atoms with Gasteiger partial charge in [0, 0.05) is 56.2 Å². The molecule has 0 radical (unpaired) electrons. The van der Waals surface area contributed by atoms with Crippen LogP contribution in [-0.2, 0) is 0 Å². The molecule has 0 amide bonds. The van der Waals surface area contributed by atoms with Crippen LogP contribution in [0.15, 0.2) is 200 Å². The third-order valence-corrected chi connectivity index (χ3v) is 10.9. The highest BCUT2D eigenvalue weighted by molar-refractivity contribution is 6.16. The lowest BCUT2D eigenvalue weighted by Crippen LogP contribution is -1.95. The first-order valence-electron chi connectivity index (χ1n) is 19.1. The minimum absolute atomic E-state index is 0.703. The van der Waals surface area contributed by atoms with Gasteiger partial charge in [0.1, 0.15) is 5.65 Å². The topological polar surface area (TPSA) is 56.0 Å². The molecule has 4 heterocycles. The molecule has 0 N–H and O–H groups in total. The molecular formula is C52H33N5. The van der Waals surface area contributed by atoms with Crippen molar-refractivity contribution in [1.29, 1.82) is 0 Å². The fourth-order valence-electron chi connectivity index (χ4n) is 7.95. The van der Waals surface area contributed by atoms with Crippen LogP contribution < -0.4 is 0 Å². The molecule has 0 saturated heterocycles. The first-order chi connectivity index (χ1) is 28.2. The summed E-state index contributed by atoms with van der Waals surface area (Å²) in [5.74, 6) is 0.703. The summed E-state index contributed by atoms with van der Waals surface area (Å²) >= 11 is 0. The third kappa shape index (κ3) is 5.81. The van der Waals surface area contributed by atoms with Crippen molar-refractivity contribution in [1.82, 2.24) is 24.3 Å². The Morgan fingerprint density at radius 3 is 1.42 bits per heavy atom. The molecule has 0 aliphatic rings. The quantitative estimate of drug-likeness (QED) is 0.160. The van der Waals surface area contributed by atoms with Gasteiger partial charge >= 0.3 is 0 Å². The van der Waals surface area contributed by atoms with Crippen LogP contribution in [0, 0.1) is 0 Å². The highest BCUT2D eigenvalue weighted by Gasteiger charge is 2.17. The predicted octanol–water partition coefficient (Wildman–Crippen LogP) is 13.0. The van der Waals surface area contributed by atoms with Crippen LogP contribution in [0.5, 0.6) is 0 Å². The number of imidazole rings is 1. The Hall–Kier alpha value is -7.76. The van der Waals surface area contributed by atoms with Gasteiger partial charge in [-0.15, -0.1) is 0 Å². The first kappa shape index (κ1) is 32.7. The molecule has 266 valence electrons.